The van der Waals surface area contributed by atoms with Gasteiger partial charge in [0, 0.05) is 16.7 Å². The van der Waals surface area contributed by atoms with Crippen LogP contribution in [0, 0.1) is 11.3 Å². The van der Waals surface area contributed by atoms with Gasteiger partial charge in [-0.1, -0.05) is 64.1 Å². The lowest BCUT2D eigenvalue weighted by Gasteiger charge is -2.18. The third-order valence-corrected chi connectivity index (χ3v) is 7.79. The monoisotopic (exact) mass is 591 g/mol. The van der Waals surface area contributed by atoms with E-state index in [0.717, 1.165) is 15.6 Å². The fourth-order valence-corrected chi connectivity index (χ4v) is 5.65. The van der Waals surface area contributed by atoms with Crippen molar-refractivity contribution in [2.75, 3.05) is 25.7 Å². The molecule has 3 aromatic carbocycles. The Morgan fingerprint density at radius 3 is 2.37 bits per heavy atom. The second-order valence-electron chi connectivity index (χ2n) is 8.43. The van der Waals surface area contributed by atoms with E-state index in [1.807, 2.05) is 66.7 Å². The smallest absolute Gasteiger partial charge is 0.264 e. The molecule has 0 bridgehead atoms. The number of nitrogens with one attached hydrogen (secondary N) is 1. The van der Waals surface area contributed by atoms with Crippen LogP contribution in [0.15, 0.2) is 87.9 Å². The van der Waals surface area contributed by atoms with E-state index in [-0.39, 0.29) is 11.5 Å². The normalized spacial score (nSPS) is 16.1. The van der Waals surface area contributed by atoms with Crippen LogP contribution in [0.5, 0.6) is 11.5 Å². The Morgan fingerprint density at radius 1 is 1.03 bits per heavy atom. The van der Waals surface area contributed by atoms with E-state index in [9.17, 15) is 14.9 Å². The average molecular weight is 593 g/mol. The molecule has 0 saturated carbocycles. The molecular weight excluding hydrogens is 566 g/mol. The lowest BCUT2D eigenvalue weighted by molar-refractivity contribution is -0.117. The van der Waals surface area contributed by atoms with Gasteiger partial charge in [0.1, 0.15) is 16.7 Å². The molecule has 1 fully saturated rings. The van der Waals surface area contributed by atoms with Crippen LogP contribution in [0.3, 0.4) is 0 Å². The van der Waals surface area contributed by atoms with Crippen LogP contribution < -0.4 is 19.7 Å². The van der Waals surface area contributed by atoms with Gasteiger partial charge in [0.2, 0.25) is 5.91 Å². The van der Waals surface area contributed by atoms with Crippen molar-refractivity contribution in [1.82, 2.24) is 5.32 Å². The molecule has 1 heterocycles. The fourth-order valence-electron chi connectivity index (χ4n) is 4.08. The Balaban J connectivity index is 1.55. The molecule has 1 aliphatic rings. The average Bonchev–Trinajstić information content (AvgIpc) is 3.25. The first-order chi connectivity index (χ1) is 18.4. The summed E-state index contributed by atoms with van der Waals surface area (Å²) in [6.45, 7) is 0.305. The summed E-state index contributed by atoms with van der Waals surface area (Å²) >= 11 is 4.68. The maximum atomic E-state index is 13.5. The van der Waals surface area contributed by atoms with Crippen molar-refractivity contribution in [1.29, 1.82) is 5.26 Å². The van der Waals surface area contributed by atoms with E-state index in [1.165, 1.54) is 16.7 Å². The minimum absolute atomic E-state index is 0.0854. The topological polar surface area (TPSA) is 91.7 Å². The van der Waals surface area contributed by atoms with Crippen molar-refractivity contribution < 1.29 is 19.1 Å². The van der Waals surface area contributed by atoms with Gasteiger partial charge in [-0.3, -0.25) is 14.5 Å². The first kappa shape index (κ1) is 27.3. The highest BCUT2D eigenvalue weighted by Gasteiger charge is 2.40. The molecule has 1 saturated heterocycles. The zero-order valence-electron chi connectivity index (χ0n) is 20.9. The number of amides is 2. The summed E-state index contributed by atoms with van der Waals surface area (Å²) < 4.78 is 11.6. The number of nitrogens with zero attached hydrogens (tertiary/aromatic N) is 2. The Bertz CT molecular complexity index is 1390. The molecule has 194 valence electrons. The fraction of sp³-hybridized carbons (Fsp3) is 0.207. The second-order valence-corrected chi connectivity index (χ2v) is 10.5. The van der Waals surface area contributed by atoms with Crippen LogP contribution in [0.25, 0.3) is 0 Å². The van der Waals surface area contributed by atoms with Crippen LogP contribution in [0.4, 0.5) is 5.69 Å². The molecule has 1 unspecified atom stereocenters. The molecule has 1 N–H and O–H groups in total. The van der Waals surface area contributed by atoms with Crippen molar-refractivity contribution in [3.63, 3.8) is 0 Å². The summed E-state index contributed by atoms with van der Waals surface area (Å²) in [5.41, 5.74) is 2.47. The lowest BCUT2D eigenvalue weighted by atomic mass is 10.1. The number of hydrogen-bond acceptors (Lipinski definition) is 6. The van der Waals surface area contributed by atoms with Crippen molar-refractivity contribution in [3.05, 3.63) is 99.0 Å². The van der Waals surface area contributed by atoms with Gasteiger partial charge >= 0.3 is 0 Å². The zero-order valence-corrected chi connectivity index (χ0v) is 23.3. The van der Waals surface area contributed by atoms with Gasteiger partial charge in [0.05, 0.1) is 19.5 Å². The standard InChI is InChI=1S/C29H26BrN3O4S/c1-36-24-13-10-20(16-25(24)37-2)14-15-32-27(34)23(18-31)29-33(22-6-4-3-5-7-22)28(35)26(38-29)17-19-8-11-21(30)12-9-19/h3-13,16,26H,14-15,17H2,1-2H3,(H,32,34)/b29-23-. The highest BCUT2D eigenvalue weighted by atomic mass is 79.9. The number of carbonyl (C=O) groups is 2. The number of anilines is 1. The van der Waals surface area contributed by atoms with Crippen molar-refractivity contribution in [2.24, 2.45) is 0 Å². The largest absolute Gasteiger partial charge is 0.493 e. The molecule has 9 heteroatoms. The Kier molecular flexibility index (Phi) is 9.10. The highest BCUT2D eigenvalue weighted by Crippen LogP contribution is 2.42. The maximum Gasteiger partial charge on any atom is 0.264 e. The first-order valence-electron chi connectivity index (χ1n) is 11.9. The van der Waals surface area contributed by atoms with Crippen LogP contribution in [-0.4, -0.2) is 37.8 Å². The van der Waals surface area contributed by atoms with E-state index in [2.05, 4.69) is 21.2 Å². The quantitative estimate of drug-likeness (QED) is 0.270. The van der Waals surface area contributed by atoms with E-state index in [0.29, 0.717) is 41.6 Å². The van der Waals surface area contributed by atoms with Gasteiger partial charge in [-0.05, 0) is 60.4 Å². The number of benzene rings is 3. The molecule has 1 aliphatic heterocycles. The third kappa shape index (κ3) is 6.21. The molecule has 4 rings (SSSR count). The maximum absolute atomic E-state index is 13.5. The lowest BCUT2D eigenvalue weighted by Crippen LogP contribution is -2.32. The zero-order chi connectivity index (χ0) is 27.1. The molecule has 0 radical (unpaired) electrons. The van der Waals surface area contributed by atoms with Crippen LogP contribution in [0.2, 0.25) is 0 Å². The predicted octanol–water partition coefficient (Wildman–Crippen LogP) is 5.25. The summed E-state index contributed by atoms with van der Waals surface area (Å²) in [6, 6.07) is 24.5. The van der Waals surface area contributed by atoms with Crippen LogP contribution >= 0.6 is 27.7 Å². The SMILES string of the molecule is COc1ccc(CCNC(=O)/C(C#N)=C2\SC(Cc3ccc(Br)cc3)C(=O)N2c2ccccc2)cc1OC. The minimum atomic E-state index is -0.520. The molecule has 2 amide bonds. The number of para-hydroxylation sites is 1. The number of ether oxygens (including phenoxy) is 2. The summed E-state index contributed by atoms with van der Waals surface area (Å²) in [6.07, 6.45) is 1.00. The molecular formula is C29H26BrN3O4S. The second kappa shape index (κ2) is 12.7. The summed E-state index contributed by atoms with van der Waals surface area (Å²) in [7, 11) is 3.14. The highest BCUT2D eigenvalue weighted by molar-refractivity contribution is 9.10. The van der Waals surface area contributed by atoms with Crippen LogP contribution in [0.1, 0.15) is 11.1 Å². The van der Waals surface area contributed by atoms with Crippen molar-refractivity contribution in [3.8, 4) is 17.6 Å². The number of halogens is 1. The third-order valence-electron chi connectivity index (χ3n) is 6.00. The molecule has 7 nitrogen and oxygen atoms in total. The van der Waals surface area contributed by atoms with Gasteiger partial charge < -0.3 is 14.8 Å². The van der Waals surface area contributed by atoms with Gasteiger partial charge in [-0.15, -0.1) is 0 Å². The number of nitriles is 1. The number of carbonyl (C=O) groups excluding carboxylic acids is 2. The van der Waals surface area contributed by atoms with E-state index in [4.69, 9.17) is 9.47 Å². The van der Waals surface area contributed by atoms with E-state index < -0.39 is 11.2 Å². The van der Waals surface area contributed by atoms with Gasteiger partial charge in [0.15, 0.2) is 11.5 Å². The van der Waals surface area contributed by atoms with Gasteiger partial charge in [-0.2, -0.15) is 5.26 Å². The Morgan fingerprint density at radius 2 is 1.71 bits per heavy atom. The number of hydrogen-bond donors (Lipinski definition) is 1. The predicted molar refractivity (Wildman–Crippen MR) is 152 cm³/mol. The van der Waals surface area contributed by atoms with E-state index >= 15 is 0 Å². The molecule has 1 atom stereocenters. The Hall–Kier alpha value is -3.74. The minimum Gasteiger partial charge on any atom is -0.493 e. The molecule has 0 aliphatic carbocycles. The summed E-state index contributed by atoms with van der Waals surface area (Å²) in [5, 5.41) is 12.7. The number of methoxy groups -OCH3 is 2. The Labute approximate surface area is 234 Å². The molecule has 0 aromatic heterocycles. The van der Waals surface area contributed by atoms with Crippen LogP contribution in [-0.2, 0) is 22.4 Å². The van der Waals surface area contributed by atoms with Gasteiger partial charge in [-0.25, -0.2) is 0 Å². The van der Waals surface area contributed by atoms with Crippen molar-refractivity contribution >= 4 is 45.2 Å². The van der Waals surface area contributed by atoms with E-state index in [1.54, 1.807) is 26.4 Å². The first-order valence-corrected chi connectivity index (χ1v) is 13.6. The summed E-state index contributed by atoms with van der Waals surface area (Å²) in [5.74, 6) is 0.546. The molecule has 38 heavy (non-hydrogen) atoms. The van der Waals surface area contributed by atoms with Crippen molar-refractivity contribution in [2.45, 2.75) is 18.1 Å². The van der Waals surface area contributed by atoms with Gasteiger partial charge in [0.25, 0.3) is 5.91 Å². The molecule has 3 aromatic rings. The number of rotatable bonds is 9. The summed E-state index contributed by atoms with van der Waals surface area (Å²) in [4.78, 5) is 28.2. The molecule has 0 spiro atoms. The number of thioether (sulfide) groups is 1.